The van der Waals surface area contributed by atoms with E-state index in [2.05, 4.69) is 98.9 Å². The van der Waals surface area contributed by atoms with Gasteiger partial charge in [0.15, 0.2) is 5.17 Å². The minimum atomic E-state index is -0.108. The number of hydrogen-bond donors (Lipinski definition) is 1. The van der Waals surface area contributed by atoms with Gasteiger partial charge in [0, 0.05) is 17.1 Å². The van der Waals surface area contributed by atoms with Gasteiger partial charge in [-0.25, -0.2) is 4.99 Å². The molecule has 0 saturated carbocycles. The Labute approximate surface area is 200 Å². The molecule has 2 aromatic carbocycles. The number of nitrogens with zero attached hydrogens (tertiary/aromatic N) is 2. The van der Waals surface area contributed by atoms with Gasteiger partial charge in [-0.1, -0.05) is 52.0 Å². The Morgan fingerprint density at radius 3 is 2.30 bits per heavy atom. The summed E-state index contributed by atoms with van der Waals surface area (Å²) in [5, 5.41) is 3.51. The van der Waals surface area contributed by atoms with E-state index in [4.69, 9.17) is 0 Å². The smallest absolute Gasteiger partial charge is 0.264 e. The number of benzene rings is 2. The van der Waals surface area contributed by atoms with E-state index < -0.39 is 0 Å². The Morgan fingerprint density at radius 1 is 1.03 bits per heavy atom. The molecule has 5 heteroatoms. The lowest BCUT2D eigenvalue weighted by atomic mass is 9.87. The van der Waals surface area contributed by atoms with Crippen LogP contribution in [-0.4, -0.2) is 15.6 Å². The van der Waals surface area contributed by atoms with Crippen molar-refractivity contribution in [3.63, 3.8) is 0 Å². The van der Waals surface area contributed by atoms with Crippen LogP contribution in [0.3, 0.4) is 0 Å². The van der Waals surface area contributed by atoms with Crippen LogP contribution >= 0.6 is 11.8 Å². The SMILES string of the molecule is CCc1ccc(N=C2NC(=O)/C(=C/c3cc(C)n(-c4ccc(C(C)(C)C)cc4)c3C)S2)cc1. The Morgan fingerprint density at radius 2 is 1.70 bits per heavy atom. The van der Waals surface area contributed by atoms with Crippen LogP contribution < -0.4 is 5.32 Å². The molecule has 2 heterocycles. The molecular weight excluding hydrogens is 426 g/mol. The highest BCUT2D eigenvalue weighted by atomic mass is 32.2. The maximum absolute atomic E-state index is 12.6. The van der Waals surface area contributed by atoms with E-state index in [0.717, 1.165) is 34.7 Å². The third-order valence-electron chi connectivity index (χ3n) is 5.97. The number of hydrogen-bond acceptors (Lipinski definition) is 3. The Bertz CT molecular complexity index is 1240. The number of carbonyl (C=O) groups is 1. The van der Waals surface area contributed by atoms with Crippen molar-refractivity contribution < 1.29 is 4.79 Å². The topological polar surface area (TPSA) is 46.4 Å². The zero-order valence-electron chi connectivity index (χ0n) is 20.2. The van der Waals surface area contributed by atoms with Crippen molar-refractivity contribution in [3.05, 3.63) is 87.6 Å². The molecule has 1 saturated heterocycles. The number of aromatic nitrogens is 1. The van der Waals surface area contributed by atoms with Gasteiger partial charge in [-0.05, 0) is 90.5 Å². The molecule has 0 aliphatic carbocycles. The Hall–Kier alpha value is -3.05. The second-order valence-corrected chi connectivity index (χ2v) is 10.5. The molecule has 4 rings (SSSR count). The van der Waals surface area contributed by atoms with E-state index in [1.54, 1.807) is 0 Å². The second kappa shape index (κ2) is 9.06. The Balaban J connectivity index is 1.59. The molecule has 1 fully saturated rings. The van der Waals surface area contributed by atoms with E-state index in [0.29, 0.717) is 10.1 Å². The normalized spacial score (nSPS) is 16.6. The molecule has 1 amide bonds. The lowest BCUT2D eigenvalue weighted by molar-refractivity contribution is -0.115. The molecule has 1 aromatic heterocycles. The van der Waals surface area contributed by atoms with Gasteiger partial charge in [-0.3, -0.25) is 4.79 Å². The van der Waals surface area contributed by atoms with Crippen molar-refractivity contribution in [2.75, 3.05) is 0 Å². The molecule has 0 spiro atoms. The molecule has 0 bridgehead atoms. The van der Waals surface area contributed by atoms with Crippen LogP contribution in [0.4, 0.5) is 5.69 Å². The quantitative estimate of drug-likeness (QED) is 0.436. The first-order chi connectivity index (χ1) is 15.7. The van der Waals surface area contributed by atoms with Crippen LogP contribution in [0.5, 0.6) is 0 Å². The maximum Gasteiger partial charge on any atom is 0.264 e. The maximum atomic E-state index is 12.6. The van der Waals surface area contributed by atoms with Crippen molar-refractivity contribution in [1.29, 1.82) is 0 Å². The summed E-state index contributed by atoms with van der Waals surface area (Å²) in [5.74, 6) is -0.108. The van der Waals surface area contributed by atoms with E-state index in [1.165, 1.54) is 22.9 Å². The fourth-order valence-corrected chi connectivity index (χ4v) is 4.82. The Kier molecular flexibility index (Phi) is 6.35. The van der Waals surface area contributed by atoms with Crippen LogP contribution in [0, 0.1) is 13.8 Å². The highest BCUT2D eigenvalue weighted by molar-refractivity contribution is 8.18. The lowest BCUT2D eigenvalue weighted by Crippen LogP contribution is -2.19. The first-order valence-corrected chi connectivity index (χ1v) is 12.2. The fourth-order valence-electron chi connectivity index (χ4n) is 3.99. The van der Waals surface area contributed by atoms with Crippen LogP contribution in [0.1, 0.15) is 55.8 Å². The minimum absolute atomic E-state index is 0.108. The summed E-state index contributed by atoms with van der Waals surface area (Å²) >= 11 is 1.38. The van der Waals surface area contributed by atoms with Gasteiger partial charge in [0.25, 0.3) is 5.91 Å². The van der Waals surface area contributed by atoms with Crippen LogP contribution in [0.15, 0.2) is 64.5 Å². The van der Waals surface area contributed by atoms with Gasteiger partial charge in [0.1, 0.15) is 0 Å². The molecule has 33 heavy (non-hydrogen) atoms. The predicted molar refractivity (Wildman–Crippen MR) is 141 cm³/mol. The van der Waals surface area contributed by atoms with Gasteiger partial charge in [0.2, 0.25) is 0 Å². The van der Waals surface area contributed by atoms with Crippen LogP contribution in [-0.2, 0) is 16.6 Å². The highest BCUT2D eigenvalue weighted by Crippen LogP contribution is 2.31. The average Bonchev–Trinajstić information content (AvgIpc) is 3.26. The molecule has 1 aliphatic heterocycles. The lowest BCUT2D eigenvalue weighted by Gasteiger charge is -2.20. The van der Waals surface area contributed by atoms with Crippen LogP contribution in [0.25, 0.3) is 11.8 Å². The molecular formula is C28H31N3OS. The summed E-state index contributed by atoms with van der Waals surface area (Å²) in [6.45, 7) is 13.0. The molecule has 0 radical (unpaired) electrons. The fraction of sp³-hybridized carbons (Fsp3) is 0.286. The standard InChI is InChI=1S/C28H31N3OS/c1-7-20-8-12-23(13-9-20)29-27-30-26(32)25(33-27)17-21-16-18(2)31(19(21)3)24-14-10-22(11-15-24)28(4,5)6/h8-17H,7H2,1-6H3,(H,29,30,32)/b25-17-. The molecule has 0 atom stereocenters. The summed E-state index contributed by atoms with van der Waals surface area (Å²) in [6.07, 6.45) is 2.96. The zero-order valence-corrected chi connectivity index (χ0v) is 21.0. The van der Waals surface area contributed by atoms with E-state index in [9.17, 15) is 4.79 Å². The summed E-state index contributed by atoms with van der Waals surface area (Å²) in [4.78, 5) is 17.8. The first kappa shape index (κ1) is 23.1. The largest absolute Gasteiger partial charge is 0.318 e. The monoisotopic (exact) mass is 457 g/mol. The van der Waals surface area contributed by atoms with E-state index in [-0.39, 0.29) is 11.3 Å². The third-order valence-corrected chi connectivity index (χ3v) is 6.88. The molecule has 170 valence electrons. The van der Waals surface area contributed by atoms with Crippen molar-refractivity contribution >= 4 is 34.6 Å². The van der Waals surface area contributed by atoms with Crippen molar-refractivity contribution in [2.24, 2.45) is 4.99 Å². The van der Waals surface area contributed by atoms with E-state index >= 15 is 0 Å². The number of rotatable bonds is 4. The molecule has 0 unspecified atom stereocenters. The molecule has 3 aromatic rings. The van der Waals surface area contributed by atoms with E-state index in [1.807, 2.05) is 18.2 Å². The van der Waals surface area contributed by atoms with Gasteiger partial charge in [0.05, 0.1) is 10.6 Å². The number of amidine groups is 1. The molecule has 4 nitrogen and oxygen atoms in total. The van der Waals surface area contributed by atoms with Gasteiger partial charge < -0.3 is 9.88 Å². The number of amides is 1. The van der Waals surface area contributed by atoms with Crippen molar-refractivity contribution in [3.8, 4) is 5.69 Å². The highest BCUT2D eigenvalue weighted by Gasteiger charge is 2.24. The number of aryl methyl sites for hydroxylation is 2. The summed E-state index contributed by atoms with van der Waals surface area (Å²) in [6, 6.07) is 19.0. The number of carbonyl (C=O) groups excluding carboxylic acids is 1. The second-order valence-electron chi connectivity index (χ2n) is 9.46. The number of aliphatic imine (C=N–C) groups is 1. The van der Waals surface area contributed by atoms with Gasteiger partial charge in [-0.15, -0.1) is 0 Å². The first-order valence-electron chi connectivity index (χ1n) is 11.3. The zero-order chi connectivity index (χ0) is 23.8. The molecule has 1 N–H and O–H groups in total. The van der Waals surface area contributed by atoms with Crippen molar-refractivity contribution in [1.82, 2.24) is 9.88 Å². The summed E-state index contributed by atoms with van der Waals surface area (Å²) in [7, 11) is 0. The molecule has 1 aliphatic rings. The average molecular weight is 458 g/mol. The van der Waals surface area contributed by atoms with Crippen LogP contribution in [0.2, 0.25) is 0 Å². The number of nitrogens with one attached hydrogen (secondary N) is 1. The third kappa shape index (κ3) is 4.98. The number of thioether (sulfide) groups is 1. The van der Waals surface area contributed by atoms with Gasteiger partial charge >= 0.3 is 0 Å². The minimum Gasteiger partial charge on any atom is -0.318 e. The predicted octanol–water partition coefficient (Wildman–Crippen LogP) is 6.85. The van der Waals surface area contributed by atoms with Crippen molar-refractivity contribution in [2.45, 2.75) is 53.4 Å². The summed E-state index contributed by atoms with van der Waals surface area (Å²) in [5.41, 5.74) is 7.96. The summed E-state index contributed by atoms with van der Waals surface area (Å²) < 4.78 is 2.24. The van der Waals surface area contributed by atoms with Gasteiger partial charge in [-0.2, -0.15) is 0 Å².